The van der Waals surface area contributed by atoms with Gasteiger partial charge in [0.15, 0.2) is 5.69 Å². The number of hydrogen-bond acceptors (Lipinski definition) is 5. The van der Waals surface area contributed by atoms with E-state index >= 15 is 0 Å². The Bertz CT molecular complexity index is 2030. The predicted octanol–water partition coefficient (Wildman–Crippen LogP) is 7.49. The Morgan fingerprint density at radius 1 is 0.814 bits per heavy atom. The Morgan fingerprint density at radius 3 is 2.37 bits per heavy atom. The van der Waals surface area contributed by atoms with Crippen LogP contribution in [0.5, 0.6) is 5.75 Å². The second kappa shape index (κ2) is 11.1. The summed E-state index contributed by atoms with van der Waals surface area (Å²) in [5.74, 6) is 0.127. The van der Waals surface area contributed by atoms with E-state index in [0.29, 0.717) is 33.9 Å². The fourth-order valence-corrected chi connectivity index (χ4v) is 5.91. The van der Waals surface area contributed by atoms with Gasteiger partial charge in [-0.3, -0.25) is 9.97 Å². The normalized spacial score (nSPS) is 14.5. The first-order valence-electron chi connectivity index (χ1n) is 13.3. The number of para-hydroxylation sites is 1. The van der Waals surface area contributed by atoms with Gasteiger partial charge in [0.2, 0.25) is 0 Å². The third-order valence-electron chi connectivity index (χ3n) is 7.73. The van der Waals surface area contributed by atoms with E-state index in [2.05, 4.69) is 26.9 Å². The maximum Gasteiger partial charge on any atom is 0.187 e. The van der Waals surface area contributed by atoms with Crippen LogP contribution in [0.2, 0.25) is 0 Å². The molecule has 7 heteroatoms. The first-order chi connectivity index (χ1) is 20.6. The molecular formula is C36H20N5OPt-. The van der Waals surface area contributed by atoms with Gasteiger partial charge in [0.05, 0.1) is 35.0 Å². The van der Waals surface area contributed by atoms with Crippen molar-refractivity contribution in [2.45, 2.75) is 5.41 Å². The van der Waals surface area contributed by atoms with Crippen LogP contribution in [-0.4, -0.2) is 20.1 Å². The molecule has 0 amide bonds. The van der Waals surface area contributed by atoms with Gasteiger partial charge in [0.25, 0.3) is 0 Å². The number of fused-ring (bicyclic) bond motifs is 3. The van der Waals surface area contributed by atoms with Crippen molar-refractivity contribution < 1.29 is 26.2 Å². The SMILES string of the molecule is [C-]#[N+]c1ccc2c(c1)C(c1[c-]c(-c3cnccn3)ccc1)(c1cccc(-c3ccccc3O)n1)c1cc(C#N)ccc1-2.[Pt]. The molecule has 2 aromatic heterocycles. The number of nitriles is 1. The Balaban J connectivity index is 0.00000329. The van der Waals surface area contributed by atoms with Gasteiger partial charge in [-0.2, -0.15) is 5.26 Å². The monoisotopic (exact) mass is 733 g/mol. The Labute approximate surface area is 263 Å². The fourth-order valence-electron chi connectivity index (χ4n) is 5.91. The van der Waals surface area contributed by atoms with Crippen LogP contribution in [-0.2, 0) is 26.5 Å². The molecule has 206 valence electrons. The second-order valence-corrected chi connectivity index (χ2v) is 9.96. The average molecular weight is 734 g/mol. The van der Waals surface area contributed by atoms with E-state index in [0.717, 1.165) is 33.4 Å². The largest absolute Gasteiger partial charge is 0.507 e. The zero-order valence-electron chi connectivity index (χ0n) is 22.5. The van der Waals surface area contributed by atoms with Gasteiger partial charge < -0.3 is 10.1 Å². The number of benzene rings is 4. The number of aromatic hydroxyl groups is 1. The summed E-state index contributed by atoms with van der Waals surface area (Å²) < 4.78 is 0. The Hall–Kier alpha value is -5.42. The molecule has 0 saturated carbocycles. The number of nitrogens with zero attached hydrogens (tertiary/aromatic N) is 5. The zero-order valence-corrected chi connectivity index (χ0v) is 24.7. The van der Waals surface area contributed by atoms with Crippen molar-refractivity contribution >= 4 is 5.69 Å². The molecule has 0 radical (unpaired) electrons. The maximum absolute atomic E-state index is 10.7. The predicted molar refractivity (Wildman–Crippen MR) is 159 cm³/mol. The van der Waals surface area contributed by atoms with Crippen LogP contribution in [0.4, 0.5) is 5.69 Å². The minimum Gasteiger partial charge on any atom is -0.507 e. The molecule has 1 aliphatic rings. The molecule has 6 aromatic rings. The van der Waals surface area contributed by atoms with Crippen molar-refractivity contribution in [3.8, 4) is 45.5 Å². The molecule has 0 bridgehead atoms. The molecule has 4 aromatic carbocycles. The van der Waals surface area contributed by atoms with Gasteiger partial charge >= 0.3 is 0 Å². The van der Waals surface area contributed by atoms with Crippen molar-refractivity contribution in [3.05, 3.63) is 161 Å². The summed E-state index contributed by atoms with van der Waals surface area (Å²) in [6.45, 7) is 7.80. The van der Waals surface area contributed by atoms with Crippen LogP contribution in [0.1, 0.15) is 27.9 Å². The molecular weight excluding hydrogens is 714 g/mol. The van der Waals surface area contributed by atoms with Crippen LogP contribution in [0.15, 0.2) is 116 Å². The van der Waals surface area contributed by atoms with Gasteiger partial charge in [0, 0.05) is 50.9 Å². The van der Waals surface area contributed by atoms with Crippen molar-refractivity contribution in [1.82, 2.24) is 15.0 Å². The zero-order chi connectivity index (χ0) is 28.7. The van der Waals surface area contributed by atoms with Gasteiger partial charge in [0.1, 0.15) is 5.75 Å². The third kappa shape index (κ3) is 4.41. The summed E-state index contributed by atoms with van der Waals surface area (Å²) in [5.41, 5.74) is 7.70. The summed E-state index contributed by atoms with van der Waals surface area (Å²) in [6.07, 6.45) is 4.97. The summed E-state index contributed by atoms with van der Waals surface area (Å²) >= 11 is 0. The van der Waals surface area contributed by atoms with Crippen LogP contribution < -0.4 is 0 Å². The van der Waals surface area contributed by atoms with Gasteiger partial charge in [-0.15, -0.1) is 35.4 Å². The molecule has 1 aliphatic carbocycles. The number of hydrogen-bond donors (Lipinski definition) is 1. The Kier molecular flexibility index (Phi) is 7.16. The first kappa shape index (κ1) is 27.7. The van der Waals surface area contributed by atoms with Crippen molar-refractivity contribution in [2.75, 3.05) is 0 Å². The molecule has 0 fully saturated rings. The summed E-state index contributed by atoms with van der Waals surface area (Å²) in [5, 5.41) is 20.6. The molecule has 0 saturated heterocycles. The van der Waals surface area contributed by atoms with E-state index in [4.69, 9.17) is 11.6 Å². The van der Waals surface area contributed by atoms with Gasteiger partial charge in [-0.05, 0) is 58.7 Å². The quantitative estimate of drug-likeness (QED) is 0.190. The molecule has 0 spiro atoms. The first-order valence-corrected chi connectivity index (χ1v) is 13.3. The van der Waals surface area contributed by atoms with E-state index in [1.807, 2.05) is 84.9 Å². The van der Waals surface area contributed by atoms with E-state index in [1.165, 1.54) is 0 Å². The summed E-state index contributed by atoms with van der Waals surface area (Å²) in [7, 11) is 0. The van der Waals surface area contributed by atoms with Crippen molar-refractivity contribution in [1.29, 1.82) is 5.26 Å². The Morgan fingerprint density at radius 2 is 1.60 bits per heavy atom. The average Bonchev–Trinajstić information content (AvgIpc) is 3.35. The third-order valence-corrected chi connectivity index (χ3v) is 7.73. The van der Waals surface area contributed by atoms with Gasteiger partial charge in [-0.25, -0.2) is 4.85 Å². The molecule has 1 atom stereocenters. The second-order valence-electron chi connectivity index (χ2n) is 9.96. The number of rotatable bonds is 4. The minimum absolute atomic E-state index is 0. The molecule has 0 aliphatic heterocycles. The standard InChI is InChI=1S/C36H20N5O.Pt/c1-38-26-13-15-28-27-14-12-23(21-37)18-30(27)36(31(28)20-26,25-7-4-6-24(19-25)33-22-39-16-17-40-33)35-11-5-9-32(41-35)29-8-2-3-10-34(29)42;/h2-18,20,22,42H;/q-1;. The number of aromatic nitrogens is 3. The smallest absolute Gasteiger partial charge is 0.187 e. The van der Waals surface area contributed by atoms with E-state index in [9.17, 15) is 10.4 Å². The van der Waals surface area contributed by atoms with Crippen LogP contribution in [0, 0.1) is 24.0 Å². The molecule has 1 N–H and O–H groups in total. The van der Waals surface area contributed by atoms with Crippen molar-refractivity contribution in [3.63, 3.8) is 0 Å². The molecule has 7 rings (SSSR count). The molecule has 43 heavy (non-hydrogen) atoms. The van der Waals surface area contributed by atoms with Crippen LogP contribution in [0.3, 0.4) is 0 Å². The topological polar surface area (TPSA) is 87.1 Å². The van der Waals surface area contributed by atoms with Crippen LogP contribution >= 0.6 is 0 Å². The van der Waals surface area contributed by atoms with Crippen LogP contribution in [0.25, 0.3) is 38.5 Å². The van der Waals surface area contributed by atoms with E-state index in [1.54, 1.807) is 30.7 Å². The maximum atomic E-state index is 10.7. The number of phenolic OH excluding ortho intramolecular Hbond substituents is 1. The summed E-state index contributed by atoms with van der Waals surface area (Å²) in [4.78, 5) is 17.7. The van der Waals surface area contributed by atoms with E-state index < -0.39 is 5.41 Å². The van der Waals surface area contributed by atoms with E-state index in [-0.39, 0.29) is 26.8 Å². The molecule has 1 unspecified atom stereocenters. The minimum atomic E-state index is -1.03. The van der Waals surface area contributed by atoms with Crippen molar-refractivity contribution in [2.24, 2.45) is 0 Å². The molecule has 6 nitrogen and oxygen atoms in total. The summed E-state index contributed by atoms with van der Waals surface area (Å²) in [6, 6.07) is 36.0. The molecule has 2 heterocycles. The van der Waals surface area contributed by atoms with Gasteiger partial charge in [-0.1, -0.05) is 42.5 Å². The number of pyridine rings is 1. The fraction of sp³-hybridized carbons (Fsp3) is 0.0278. The number of phenols is 1.